The van der Waals surface area contributed by atoms with Crippen molar-refractivity contribution >= 4 is 8.07 Å². The summed E-state index contributed by atoms with van der Waals surface area (Å²) in [4.78, 5) is 0. The predicted molar refractivity (Wildman–Crippen MR) is 57.6 cm³/mol. The molecule has 0 amide bonds. The summed E-state index contributed by atoms with van der Waals surface area (Å²) in [5, 5.41) is 0. The third-order valence-corrected chi connectivity index (χ3v) is 2.23. The molecule has 0 aromatic heterocycles. The Balaban J connectivity index is 0. The fourth-order valence-electron chi connectivity index (χ4n) is 0.465. The zero-order chi connectivity index (χ0) is 10.5. The van der Waals surface area contributed by atoms with Crippen LogP contribution in [0.5, 0.6) is 0 Å². The van der Waals surface area contributed by atoms with Crippen LogP contribution in [0.2, 0.25) is 19.6 Å². The molecule has 0 rings (SSSR count). The molecule has 0 spiro atoms. The molecule has 76 valence electrons. The van der Waals surface area contributed by atoms with Crippen molar-refractivity contribution in [3.8, 4) is 11.5 Å². The number of hydrogen-bond donors (Lipinski definition) is 0. The molecule has 0 N–H and O–H groups in total. The van der Waals surface area contributed by atoms with Crippen LogP contribution in [0.15, 0.2) is 0 Å². The maximum absolute atomic E-state index is 5.28. The molecule has 0 atom stereocenters. The van der Waals surface area contributed by atoms with Crippen molar-refractivity contribution in [1.29, 1.82) is 0 Å². The Bertz CT molecular complexity index is 210. The van der Waals surface area contributed by atoms with Gasteiger partial charge in [-0.1, -0.05) is 26.2 Å². The third-order valence-electron chi connectivity index (χ3n) is 1.34. The van der Waals surface area contributed by atoms with Crippen LogP contribution >= 0.6 is 0 Å². The minimum Gasteiger partial charge on any atom is -0.408 e. The number of methoxy groups -OCH3 is 1. The zero-order valence-corrected chi connectivity index (χ0v) is 11.4. The monoisotopic (exact) mass is 206 g/mol. The first-order chi connectivity index (χ1) is 5.77. The van der Waals surface area contributed by atoms with Crippen molar-refractivity contribution in [1.82, 2.24) is 0 Å². The molecule has 0 saturated heterocycles. The Morgan fingerprint density at radius 2 is 1.71 bits per heavy atom. The Hall–Kier alpha value is 0.164. The molecule has 4 heteroatoms. The summed E-state index contributed by atoms with van der Waals surface area (Å²) < 4.78 is 10.3. The van der Waals surface area contributed by atoms with Gasteiger partial charge in [0.25, 0.3) is 0 Å². The first kappa shape index (κ1) is 16.6. The zero-order valence-electron chi connectivity index (χ0n) is 10.4. The van der Waals surface area contributed by atoms with E-state index in [2.05, 4.69) is 31.1 Å². The SMILES string of the molecule is COC(C)(C)O[CH-]C#C[Si](C)(C)C.[Li+]. The van der Waals surface area contributed by atoms with Gasteiger partial charge in [-0.15, -0.1) is 0 Å². The van der Waals surface area contributed by atoms with E-state index in [1.807, 2.05) is 13.8 Å². The van der Waals surface area contributed by atoms with Gasteiger partial charge < -0.3 is 15.0 Å². The molecule has 0 aromatic carbocycles. The van der Waals surface area contributed by atoms with Gasteiger partial charge in [-0.2, -0.15) is 0 Å². The van der Waals surface area contributed by atoms with E-state index in [1.54, 1.807) is 7.11 Å². The average Bonchev–Trinajstić information content (AvgIpc) is 1.97. The Morgan fingerprint density at radius 1 is 1.21 bits per heavy atom. The van der Waals surface area contributed by atoms with Crippen LogP contribution < -0.4 is 18.9 Å². The van der Waals surface area contributed by atoms with E-state index in [0.29, 0.717) is 0 Å². The van der Waals surface area contributed by atoms with E-state index in [1.165, 1.54) is 6.61 Å². The number of rotatable bonds is 3. The van der Waals surface area contributed by atoms with E-state index >= 15 is 0 Å². The van der Waals surface area contributed by atoms with Gasteiger partial charge in [-0.25, -0.2) is 0 Å². The first-order valence-corrected chi connectivity index (χ1v) is 7.84. The van der Waals surface area contributed by atoms with E-state index in [0.717, 1.165) is 0 Å². The summed E-state index contributed by atoms with van der Waals surface area (Å²) in [5.41, 5.74) is 3.17. The Labute approximate surface area is 101 Å². The average molecular weight is 206 g/mol. The van der Waals surface area contributed by atoms with E-state index in [4.69, 9.17) is 9.47 Å². The van der Waals surface area contributed by atoms with Crippen LogP contribution in [0, 0.1) is 18.1 Å². The smallest absolute Gasteiger partial charge is 0.408 e. The summed E-state index contributed by atoms with van der Waals surface area (Å²) in [6.07, 6.45) is 0. The van der Waals surface area contributed by atoms with Crippen molar-refractivity contribution in [2.75, 3.05) is 7.11 Å². The second-order valence-electron chi connectivity index (χ2n) is 4.36. The Morgan fingerprint density at radius 3 is 2.07 bits per heavy atom. The predicted octanol–water partition coefficient (Wildman–Crippen LogP) is -0.568. The van der Waals surface area contributed by atoms with Crippen LogP contribution in [0.3, 0.4) is 0 Å². The standard InChI is InChI=1S/C10H19O2Si.Li/c1-10(2,11-3)12-8-7-9-13(4,5)6;/h8H,1-6H3;/q-1;+1. The molecule has 2 nitrogen and oxygen atoms in total. The minimum absolute atomic E-state index is 0. The molecule has 0 fully saturated rings. The van der Waals surface area contributed by atoms with Crippen LogP contribution in [-0.2, 0) is 9.47 Å². The van der Waals surface area contributed by atoms with Crippen LogP contribution in [0.4, 0.5) is 0 Å². The van der Waals surface area contributed by atoms with Crippen molar-refractivity contribution < 1.29 is 28.3 Å². The minimum atomic E-state index is -1.28. The van der Waals surface area contributed by atoms with Gasteiger partial charge in [-0.05, 0) is 13.8 Å². The largest absolute Gasteiger partial charge is 1.00 e. The molecule has 0 heterocycles. The molecule has 0 aliphatic rings. The van der Waals surface area contributed by atoms with Crippen LogP contribution in [0.1, 0.15) is 13.8 Å². The summed E-state index contributed by atoms with van der Waals surface area (Å²) in [6, 6.07) is 0. The third kappa shape index (κ3) is 10.2. The van der Waals surface area contributed by atoms with Gasteiger partial charge in [0.15, 0.2) is 5.79 Å². The summed E-state index contributed by atoms with van der Waals surface area (Å²) in [6.45, 7) is 11.8. The fourth-order valence-corrected chi connectivity index (χ4v) is 0.957. The van der Waals surface area contributed by atoms with Gasteiger partial charge in [-0.3, -0.25) is 5.92 Å². The topological polar surface area (TPSA) is 18.5 Å². The normalized spacial score (nSPS) is 11.0. The van der Waals surface area contributed by atoms with Crippen molar-refractivity contribution in [3.63, 3.8) is 0 Å². The molecule has 14 heavy (non-hydrogen) atoms. The molecule has 0 radical (unpaired) electrons. The quantitative estimate of drug-likeness (QED) is 0.266. The van der Waals surface area contributed by atoms with Crippen molar-refractivity contribution in [2.45, 2.75) is 39.3 Å². The van der Waals surface area contributed by atoms with Crippen molar-refractivity contribution in [2.24, 2.45) is 0 Å². The van der Waals surface area contributed by atoms with E-state index < -0.39 is 13.9 Å². The molecule has 0 bridgehead atoms. The second kappa shape index (κ2) is 6.61. The second-order valence-corrected chi connectivity index (χ2v) is 9.11. The summed E-state index contributed by atoms with van der Waals surface area (Å²) in [5.74, 6) is 2.32. The molecular weight excluding hydrogens is 187 g/mol. The Kier molecular flexibility index (Phi) is 7.83. The van der Waals surface area contributed by atoms with Gasteiger partial charge in [0.1, 0.15) is 0 Å². The molecule has 0 aliphatic carbocycles. The fraction of sp³-hybridized carbons (Fsp3) is 0.700. The van der Waals surface area contributed by atoms with Crippen molar-refractivity contribution in [3.05, 3.63) is 6.61 Å². The summed E-state index contributed by atoms with van der Waals surface area (Å²) >= 11 is 0. The maximum Gasteiger partial charge on any atom is 1.00 e. The summed E-state index contributed by atoms with van der Waals surface area (Å²) in [7, 11) is 0.334. The maximum atomic E-state index is 5.28. The number of hydrogen-bond acceptors (Lipinski definition) is 2. The molecule has 0 aliphatic heterocycles. The van der Waals surface area contributed by atoms with Gasteiger partial charge in [0, 0.05) is 15.2 Å². The van der Waals surface area contributed by atoms with E-state index in [-0.39, 0.29) is 18.9 Å². The van der Waals surface area contributed by atoms with Crippen LogP contribution in [0.25, 0.3) is 0 Å². The van der Waals surface area contributed by atoms with Crippen LogP contribution in [-0.4, -0.2) is 21.0 Å². The van der Waals surface area contributed by atoms with Gasteiger partial charge in [0.2, 0.25) is 0 Å². The van der Waals surface area contributed by atoms with Gasteiger partial charge >= 0.3 is 18.9 Å². The molecule has 0 aromatic rings. The van der Waals surface area contributed by atoms with Gasteiger partial charge in [0.05, 0.1) is 0 Å². The number of ether oxygens (including phenoxy) is 2. The molecule has 0 saturated carbocycles. The molecular formula is C10H19LiO2Si. The van der Waals surface area contributed by atoms with E-state index in [9.17, 15) is 0 Å². The first-order valence-electron chi connectivity index (χ1n) is 4.34. The molecule has 0 unspecified atom stereocenters.